The fraction of sp³-hybridized carbons (Fsp3) is 0.250. The number of nitrogens with one attached hydrogen (secondary N) is 2. The van der Waals surface area contributed by atoms with Gasteiger partial charge in [0.2, 0.25) is 0 Å². The molecule has 0 fully saturated rings. The van der Waals surface area contributed by atoms with Gasteiger partial charge in [-0.25, -0.2) is 9.59 Å². The minimum absolute atomic E-state index is 0.00168. The highest BCUT2D eigenvalue weighted by Gasteiger charge is 2.14. The van der Waals surface area contributed by atoms with Gasteiger partial charge in [0.25, 0.3) is 5.91 Å². The lowest BCUT2D eigenvalue weighted by atomic mass is 10.1. The Labute approximate surface area is 114 Å². The zero-order valence-electron chi connectivity index (χ0n) is 10.5. The van der Waals surface area contributed by atoms with Gasteiger partial charge in [-0.05, 0) is 36.2 Å². The van der Waals surface area contributed by atoms with E-state index in [1.165, 1.54) is 25.2 Å². The van der Waals surface area contributed by atoms with E-state index in [0.29, 0.717) is 6.54 Å². The molecule has 3 N–H and O–H groups in total. The molecule has 1 aromatic heterocycles. The molecule has 19 heavy (non-hydrogen) atoms. The van der Waals surface area contributed by atoms with E-state index in [2.05, 4.69) is 10.6 Å². The van der Waals surface area contributed by atoms with Crippen molar-refractivity contribution in [2.75, 3.05) is 0 Å². The first-order chi connectivity index (χ1) is 8.91. The lowest BCUT2D eigenvalue weighted by Gasteiger charge is -2.07. The highest BCUT2D eigenvalue weighted by atomic mass is 32.1. The van der Waals surface area contributed by atoms with Crippen molar-refractivity contribution in [2.24, 2.45) is 0 Å². The number of aliphatic carboxylic acids is 1. The minimum Gasteiger partial charge on any atom is -0.478 e. The molecule has 0 aliphatic rings. The van der Waals surface area contributed by atoms with Gasteiger partial charge in [0.1, 0.15) is 0 Å². The monoisotopic (exact) mass is 282 g/mol. The number of rotatable bonds is 4. The second-order valence-corrected chi connectivity index (χ2v) is 4.60. The van der Waals surface area contributed by atoms with E-state index in [1.54, 1.807) is 0 Å². The van der Waals surface area contributed by atoms with E-state index >= 15 is 0 Å². The van der Waals surface area contributed by atoms with Gasteiger partial charge >= 0.3 is 12.0 Å². The number of amides is 3. The number of carbonyl (C=O) groups is 3. The summed E-state index contributed by atoms with van der Waals surface area (Å²) in [5.41, 5.74) is 0.836. The molecule has 0 bridgehead atoms. The molecule has 0 saturated heterocycles. The molecule has 0 radical (unpaired) electrons. The molecule has 1 rings (SSSR count). The standard InChI is InChI=1S/C12H14N2O4S/c1-7(8(2)11(16)17)10(15)14-12(18)13-5-9-3-4-19-6-9/h3-4,6H,5H2,1-2H3,(H,16,17)(H2,13,14,15,18). The van der Waals surface area contributed by atoms with Crippen LogP contribution in [0.3, 0.4) is 0 Å². The predicted molar refractivity (Wildman–Crippen MR) is 70.7 cm³/mol. The molecule has 0 unspecified atom stereocenters. The van der Waals surface area contributed by atoms with Crippen molar-refractivity contribution in [1.82, 2.24) is 10.6 Å². The van der Waals surface area contributed by atoms with Crippen LogP contribution in [0.4, 0.5) is 4.79 Å². The van der Waals surface area contributed by atoms with Crippen molar-refractivity contribution in [3.8, 4) is 0 Å². The maximum atomic E-state index is 11.6. The lowest BCUT2D eigenvalue weighted by molar-refractivity contribution is -0.133. The molecular weight excluding hydrogens is 268 g/mol. The zero-order valence-corrected chi connectivity index (χ0v) is 11.3. The minimum atomic E-state index is -1.19. The average molecular weight is 282 g/mol. The van der Waals surface area contributed by atoms with Gasteiger partial charge in [0.15, 0.2) is 0 Å². The number of thiophene rings is 1. The Kier molecular flexibility index (Phi) is 5.25. The van der Waals surface area contributed by atoms with Crippen LogP contribution in [0.1, 0.15) is 19.4 Å². The molecule has 0 aliphatic carbocycles. The van der Waals surface area contributed by atoms with Crippen molar-refractivity contribution in [3.63, 3.8) is 0 Å². The van der Waals surface area contributed by atoms with Crippen molar-refractivity contribution < 1.29 is 19.5 Å². The second-order valence-electron chi connectivity index (χ2n) is 3.82. The Balaban J connectivity index is 2.50. The van der Waals surface area contributed by atoms with Crippen LogP contribution in [0, 0.1) is 0 Å². The van der Waals surface area contributed by atoms with E-state index in [-0.39, 0.29) is 11.1 Å². The number of carboxylic acid groups (broad SMARTS) is 1. The van der Waals surface area contributed by atoms with Gasteiger partial charge < -0.3 is 10.4 Å². The molecule has 0 atom stereocenters. The van der Waals surface area contributed by atoms with Gasteiger partial charge in [-0.2, -0.15) is 11.3 Å². The summed E-state index contributed by atoms with van der Waals surface area (Å²) in [5, 5.41) is 17.1. The van der Waals surface area contributed by atoms with E-state index in [1.807, 2.05) is 16.8 Å². The largest absolute Gasteiger partial charge is 0.478 e. The van der Waals surface area contributed by atoms with Crippen molar-refractivity contribution in [1.29, 1.82) is 0 Å². The maximum absolute atomic E-state index is 11.6. The summed E-state index contributed by atoms with van der Waals surface area (Å²) in [4.78, 5) is 33.7. The summed E-state index contributed by atoms with van der Waals surface area (Å²) in [6.07, 6.45) is 0. The molecule has 6 nitrogen and oxygen atoms in total. The van der Waals surface area contributed by atoms with Crippen molar-refractivity contribution >= 4 is 29.2 Å². The van der Waals surface area contributed by atoms with Crippen LogP contribution in [0.2, 0.25) is 0 Å². The summed E-state index contributed by atoms with van der Waals surface area (Å²) >= 11 is 1.51. The van der Waals surface area contributed by atoms with Crippen LogP contribution < -0.4 is 10.6 Å². The Morgan fingerprint density at radius 3 is 2.47 bits per heavy atom. The van der Waals surface area contributed by atoms with E-state index in [9.17, 15) is 14.4 Å². The number of imide groups is 1. The molecule has 1 aromatic rings. The fourth-order valence-corrected chi connectivity index (χ4v) is 1.82. The summed E-state index contributed by atoms with van der Waals surface area (Å²) in [5.74, 6) is -1.91. The number of carboxylic acids is 1. The van der Waals surface area contributed by atoms with Gasteiger partial charge in [-0.3, -0.25) is 10.1 Å². The van der Waals surface area contributed by atoms with Crippen LogP contribution >= 0.6 is 11.3 Å². The number of hydrogen-bond donors (Lipinski definition) is 3. The molecule has 7 heteroatoms. The SMILES string of the molecule is CC(C(=O)O)=C(C)C(=O)NC(=O)NCc1ccsc1. The van der Waals surface area contributed by atoms with Gasteiger partial charge in [-0.1, -0.05) is 0 Å². The zero-order chi connectivity index (χ0) is 14.4. The molecule has 1 heterocycles. The highest BCUT2D eigenvalue weighted by molar-refractivity contribution is 7.07. The first-order valence-corrected chi connectivity index (χ1v) is 6.37. The summed E-state index contributed by atoms with van der Waals surface area (Å²) in [6.45, 7) is 2.97. The smallest absolute Gasteiger partial charge is 0.331 e. The quantitative estimate of drug-likeness (QED) is 0.729. The molecule has 0 spiro atoms. The topological polar surface area (TPSA) is 95.5 Å². The number of carbonyl (C=O) groups excluding carboxylic acids is 2. The predicted octanol–water partition coefficient (Wildman–Crippen LogP) is 1.49. The van der Waals surface area contributed by atoms with Crippen LogP contribution in [0.5, 0.6) is 0 Å². The number of urea groups is 1. The van der Waals surface area contributed by atoms with E-state index in [4.69, 9.17) is 5.11 Å². The Bertz CT molecular complexity index is 520. The maximum Gasteiger partial charge on any atom is 0.331 e. The summed E-state index contributed by atoms with van der Waals surface area (Å²) in [7, 11) is 0. The van der Waals surface area contributed by atoms with Gasteiger partial charge in [0, 0.05) is 17.7 Å². The third kappa shape index (κ3) is 4.55. The Hall–Kier alpha value is -2.15. The first kappa shape index (κ1) is 14.9. The second kappa shape index (κ2) is 6.69. The molecule has 102 valence electrons. The molecular formula is C12H14N2O4S. The van der Waals surface area contributed by atoms with Crippen LogP contribution in [0.15, 0.2) is 28.0 Å². The Morgan fingerprint density at radius 1 is 1.26 bits per heavy atom. The summed E-state index contributed by atoms with van der Waals surface area (Å²) in [6, 6.07) is 1.20. The Morgan fingerprint density at radius 2 is 1.95 bits per heavy atom. The van der Waals surface area contributed by atoms with E-state index in [0.717, 1.165) is 5.56 Å². The van der Waals surface area contributed by atoms with Crippen LogP contribution in [0.25, 0.3) is 0 Å². The normalized spacial score (nSPS) is 11.5. The van der Waals surface area contributed by atoms with Gasteiger partial charge in [-0.15, -0.1) is 0 Å². The van der Waals surface area contributed by atoms with Crippen LogP contribution in [-0.4, -0.2) is 23.0 Å². The van der Waals surface area contributed by atoms with Crippen molar-refractivity contribution in [3.05, 3.63) is 33.5 Å². The average Bonchev–Trinajstić information content (AvgIpc) is 2.87. The third-order valence-corrected chi connectivity index (χ3v) is 3.22. The van der Waals surface area contributed by atoms with Crippen molar-refractivity contribution in [2.45, 2.75) is 20.4 Å². The van der Waals surface area contributed by atoms with E-state index < -0.39 is 17.9 Å². The third-order valence-electron chi connectivity index (χ3n) is 2.48. The number of hydrogen-bond acceptors (Lipinski definition) is 4. The lowest BCUT2D eigenvalue weighted by Crippen LogP contribution is -2.39. The molecule has 0 aromatic carbocycles. The molecule has 0 saturated carbocycles. The van der Waals surface area contributed by atoms with Gasteiger partial charge in [0.05, 0.1) is 0 Å². The molecule has 0 aliphatic heterocycles. The summed E-state index contributed by atoms with van der Waals surface area (Å²) < 4.78 is 0. The van der Waals surface area contributed by atoms with Crippen LogP contribution in [-0.2, 0) is 16.1 Å². The highest BCUT2D eigenvalue weighted by Crippen LogP contribution is 2.05. The molecule has 3 amide bonds. The fourth-order valence-electron chi connectivity index (χ4n) is 1.15. The first-order valence-electron chi connectivity index (χ1n) is 5.43.